The van der Waals surface area contributed by atoms with E-state index in [-0.39, 0.29) is 11.7 Å². The smallest absolute Gasteiger partial charge is 0.155 e. The van der Waals surface area contributed by atoms with E-state index in [4.69, 9.17) is 0 Å². The van der Waals surface area contributed by atoms with Gasteiger partial charge < -0.3 is 5.11 Å². The number of benzene rings is 1. The maximum Gasteiger partial charge on any atom is 0.155 e. The molecule has 0 saturated carbocycles. The van der Waals surface area contributed by atoms with Gasteiger partial charge in [-0.2, -0.15) is 0 Å². The number of sulfone groups is 1. The fourth-order valence-corrected chi connectivity index (χ4v) is 3.08. The standard InChI is InChI=1S/C15H24O3S/c1-12(10-11-19(17,18)15(2,3)4)14(16)13-8-6-5-7-9-13/h5-9,12,14,16H,10-11H2,1-4H3. The molecule has 19 heavy (non-hydrogen) atoms. The number of aliphatic hydroxyl groups is 1. The first kappa shape index (κ1) is 16.2. The number of hydrogen-bond donors (Lipinski definition) is 1. The first-order chi connectivity index (χ1) is 8.65. The Bertz CT molecular complexity index is 486. The van der Waals surface area contributed by atoms with Crippen LogP contribution < -0.4 is 0 Å². The normalized spacial score (nSPS) is 16.1. The maximum atomic E-state index is 12.0. The van der Waals surface area contributed by atoms with Crippen LogP contribution in [0.4, 0.5) is 0 Å². The molecule has 108 valence electrons. The van der Waals surface area contributed by atoms with Crippen molar-refractivity contribution in [2.45, 2.75) is 45.0 Å². The molecule has 0 amide bonds. The van der Waals surface area contributed by atoms with Gasteiger partial charge in [-0.3, -0.25) is 0 Å². The molecule has 0 heterocycles. The quantitative estimate of drug-likeness (QED) is 0.904. The second-order valence-electron chi connectivity index (χ2n) is 6.05. The molecular formula is C15H24O3S. The first-order valence-electron chi connectivity index (χ1n) is 6.60. The third kappa shape index (κ3) is 4.32. The SMILES string of the molecule is CC(CCS(=O)(=O)C(C)(C)C)C(O)c1ccccc1. The van der Waals surface area contributed by atoms with Gasteiger partial charge in [-0.15, -0.1) is 0 Å². The largest absolute Gasteiger partial charge is 0.388 e. The highest BCUT2D eigenvalue weighted by Gasteiger charge is 2.29. The predicted octanol–water partition coefficient (Wildman–Crippen LogP) is 2.96. The van der Waals surface area contributed by atoms with Crippen LogP contribution in [0.1, 0.15) is 45.8 Å². The Morgan fingerprint density at radius 2 is 1.68 bits per heavy atom. The van der Waals surface area contributed by atoms with Gasteiger partial charge in [-0.25, -0.2) is 8.42 Å². The minimum absolute atomic E-state index is 0.0838. The summed E-state index contributed by atoms with van der Waals surface area (Å²) in [5.41, 5.74) is 0.836. The third-order valence-electron chi connectivity index (χ3n) is 3.46. The van der Waals surface area contributed by atoms with Crippen LogP contribution in [0, 0.1) is 5.92 Å². The molecule has 0 bridgehead atoms. The van der Waals surface area contributed by atoms with Gasteiger partial charge in [0.25, 0.3) is 0 Å². The zero-order valence-corrected chi connectivity index (χ0v) is 12.9. The minimum Gasteiger partial charge on any atom is -0.388 e. The molecule has 1 aromatic carbocycles. The second kappa shape index (κ2) is 6.06. The van der Waals surface area contributed by atoms with Crippen LogP contribution in [0.3, 0.4) is 0 Å². The van der Waals surface area contributed by atoms with Crippen molar-refractivity contribution >= 4 is 9.84 Å². The van der Waals surface area contributed by atoms with Crippen molar-refractivity contribution in [3.8, 4) is 0 Å². The molecule has 1 rings (SSSR count). The predicted molar refractivity (Wildman–Crippen MR) is 78.7 cm³/mol. The van der Waals surface area contributed by atoms with E-state index in [1.165, 1.54) is 0 Å². The van der Waals surface area contributed by atoms with Crippen molar-refractivity contribution in [2.75, 3.05) is 5.75 Å². The third-order valence-corrected chi connectivity index (χ3v) is 6.09. The first-order valence-corrected chi connectivity index (χ1v) is 8.25. The van der Waals surface area contributed by atoms with Gasteiger partial charge in [-0.05, 0) is 38.7 Å². The van der Waals surface area contributed by atoms with Crippen molar-refractivity contribution in [3.63, 3.8) is 0 Å². The Kier molecular flexibility index (Phi) is 5.16. The summed E-state index contributed by atoms with van der Waals surface area (Å²) in [4.78, 5) is 0. The molecule has 2 atom stereocenters. The second-order valence-corrected chi connectivity index (χ2v) is 8.92. The van der Waals surface area contributed by atoms with Gasteiger partial charge in [-0.1, -0.05) is 37.3 Å². The van der Waals surface area contributed by atoms with Crippen LogP contribution in [0.2, 0.25) is 0 Å². The van der Waals surface area contributed by atoms with E-state index in [2.05, 4.69) is 0 Å². The van der Waals surface area contributed by atoms with Crippen molar-refractivity contribution in [3.05, 3.63) is 35.9 Å². The highest BCUT2D eigenvalue weighted by Crippen LogP contribution is 2.26. The topological polar surface area (TPSA) is 54.4 Å². The molecule has 0 aromatic heterocycles. The summed E-state index contributed by atoms with van der Waals surface area (Å²) in [6, 6.07) is 9.36. The summed E-state index contributed by atoms with van der Waals surface area (Å²) >= 11 is 0. The summed E-state index contributed by atoms with van der Waals surface area (Å²) in [7, 11) is -3.12. The van der Waals surface area contributed by atoms with Crippen LogP contribution in [-0.4, -0.2) is 24.0 Å². The van der Waals surface area contributed by atoms with Crippen molar-refractivity contribution in [1.82, 2.24) is 0 Å². The number of aliphatic hydroxyl groups excluding tert-OH is 1. The number of rotatable bonds is 5. The lowest BCUT2D eigenvalue weighted by molar-refractivity contribution is 0.116. The molecule has 1 aromatic rings. The van der Waals surface area contributed by atoms with E-state index in [1.54, 1.807) is 20.8 Å². The average Bonchev–Trinajstić information content (AvgIpc) is 2.35. The Morgan fingerprint density at radius 3 is 2.16 bits per heavy atom. The van der Waals surface area contributed by atoms with Crippen molar-refractivity contribution < 1.29 is 13.5 Å². The van der Waals surface area contributed by atoms with Crippen LogP contribution >= 0.6 is 0 Å². The van der Waals surface area contributed by atoms with E-state index in [9.17, 15) is 13.5 Å². The molecule has 1 N–H and O–H groups in total. The van der Waals surface area contributed by atoms with Gasteiger partial charge in [0.15, 0.2) is 9.84 Å². The van der Waals surface area contributed by atoms with Gasteiger partial charge in [0.05, 0.1) is 16.6 Å². The average molecular weight is 284 g/mol. The summed E-state index contributed by atoms with van der Waals surface area (Å²) < 4.78 is 23.3. The highest BCUT2D eigenvalue weighted by molar-refractivity contribution is 7.92. The van der Waals surface area contributed by atoms with Gasteiger partial charge in [0.1, 0.15) is 0 Å². The van der Waals surface area contributed by atoms with Crippen molar-refractivity contribution in [1.29, 1.82) is 0 Å². The maximum absolute atomic E-state index is 12.0. The van der Waals surface area contributed by atoms with Crippen LogP contribution in [0.15, 0.2) is 30.3 Å². The fourth-order valence-electron chi connectivity index (χ4n) is 1.78. The van der Waals surface area contributed by atoms with Crippen LogP contribution in [0.25, 0.3) is 0 Å². The molecule has 4 heteroatoms. The zero-order chi connectivity index (χ0) is 14.7. The molecular weight excluding hydrogens is 260 g/mol. The molecule has 0 aliphatic carbocycles. The summed E-state index contributed by atoms with van der Waals surface area (Å²) in [6.07, 6.45) is -0.147. The Hall–Kier alpha value is -0.870. The van der Waals surface area contributed by atoms with E-state index in [0.29, 0.717) is 6.42 Å². The fraction of sp³-hybridized carbons (Fsp3) is 0.600. The molecule has 0 saturated heterocycles. The zero-order valence-electron chi connectivity index (χ0n) is 12.1. The Balaban J connectivity index is 2.65. The molecule has 0 fully saturated rings. The van der Waals surface area contributed by atoms with Crippen LogP contribution in [-0.2, 0) is 9.84 Å². The highest BCUT2D eigenvalue weighted by atomic mass is 32.2. The lowest BCUT2D eigenvalue weighted by atomic mass is 9.95. The molecule has 0 spiro atoms. The van der Waals surface area contributed by atoms with E-state index in [0.717, 1.165) is 5.56 Å². The molecule has 0 aliphatic rings. The summed E-state index contributed by atoms with van der Waals surface area (Å²) in [6.45, 7) is 7.01. The van der Waals surface area contributed by atoms with E-state index in [1.807, 2.05) is 37.3 Å². The van der Waals surface area contributed by atoms with Gasteiger partial charge in [0, 0.05) is 0 Å². The number of hydrogen-bond acceptors (Lipinski definition) is 3. The molecule has 3 nitrogen and oxygen atoms in total. The Labute approximate surface area is 116 Å². The Morgan fingerprint density at radius 1 is 1.16 bits per heavy atom. The summed E-state index contributed by atoms with van der Waals surface area (Å²) in [5.74, 6) is 0.0289. The monoisotopic (exact) mass is 284 g/mol. The lowest BCUT2D eigenvalue weighted by Crippen LogP contribution is -2.31. The molecule has 2 unspecified atom stereocenters. The van der Waals surface area contributed by atoms with Crippen molar-refractivity contribution in [2.24, 2.45) is 5.92 Å². The van der Waals surface area contributed by atoms with E-state index >= 15 is 0 Å². The lowest BCUT2D eigenvalue weighted by Gasteiger charge is -2.23. The summed E-state index contributed by atoms with van der Waals surface area (Å²) in [5, 5.41) is 10.2. The van der Waals surface area contributed by atoms with Gasteiger partial charge >= 0.3 is 0 Å². The van der Waals surface area contributed by atoms with Gasteiger partial charge in [0.2, 0.25) is 0 Å². The minimum atomic E-state index is -3.12. The van der Waals surface area contributed by atoms with E-state index < -0.39 is 20.7 Å². The molecule has 0 radical (unpaired) electrons. The molecule has 0 aliphatic heterocycles. The van der Waals surface area contributed by atoms with Crippen LogP contribution in [0.5, 0.6) is 0 Å².